The van der Waals surface area contributed by atoms with Crippen molar-refractivity contribution in [2.75, 3.05) is 0 Å². The second-order valence-electron chi connectivity index (χ2n) is 3.44. The van der Waals surface area contributed by atoms with Crippen molar-refractivity contribution in [1.82, 2.24) is 9.55 Å². The predicted octanol–water partition coefficient (Wildman–Crippen LogP) is 1.50. The van der Waals surface area contributed by atoms with Crippen molar-refractivity contribution in [2.24, 2.45) is 0 Å². The summed E-state index contributed by atoms with van der Waals surface area (Å²) in [7, 11) is 0. The topological polar surface area (TPSA) is 55.1 Å². The largest absolute Gasteiger partial charge is 0.481 e. The van der Waals surface area contributed by atoms with Crippen LogP contribution in [0.15, 0.2) is 0 Å². The Morgan fingerprint density at radius 2 is 2.36 bits per heavy atom. The molecular weight excluding hydrogens is 204 g/mol. The van der Waals surface area contributed by atoms with Crippen molar-refractivity contribution in [3.63, 3.8) is 0 Å². The minimum atomic E-state index is -0.861. The zero-order valence-corrected chi connectivity index (χ0v) is 8.42. The van der Waals surface area contributed by atoms with E-state index in [0.717, 1.165) is 31.6 Å². The van der Waals surface area contributed by atoms with E-state index in [0.29, 0.717) is 10.8 Å². The van der Waals surface area contributed by atoms with Crippen LogP contribution in [0.1, 0.15) is 24.4 Å². The highest BCUT2D eigenvalue weighted by atomic mass is 35.5. The Hall–Kier alpha value is -1.03. The zero-order chi connectivity index (χ0) is 10.1. The Kier molecular flexibility index (Phi) is 2.46. The number of rotatable bonds is 2. The first-order chi connectivity index (χ1) is 6.68. The summed E-state index contributed by atoms with van der Waals surface area (Å²) in [6.07, 6.45) is 3.05. The minimum absolute atomic E-state index is 0.0359. The molecule has 0 spiro atoms. The summed E-state index contributed by atoms with van der Waals surface area (Å²) >= 11 is 5.88. The lowest BCUT2D eigenvalue weighted by Crippen LogP contribution is -2.15. The summed E-state index contributed by atoms with van der Waals surface area (Å²) in [4.78, 5) is 14.8. The summed E-state index contributed by atoms with van der Waals surface area (Å²) in [6, 6.07) is 0. The van der Waals surface area contributed by atoms with Crippen molar-refractivity contribution < 1.29 is 9.90 Å². The molecule has 1 aliphatic rings. The van der Waals surface area contributed by atoms with Crippen LogP contribution in [0.4, 0.5) is 0 Å². The van der Waals surface area contributed by atoms with E-state index >= 15 is 0 Å². The van der Waals surface area contributed by atoms with Crippen molar-refractivity contribution in [3.05, 3.63) is 16.7 Å². The van der Waals surface area contributed by atoms with E-state index in [1.807, 2.05) is 4.57 Å². The SMILES string of the molecule is O=C(O)Cc1c(Cl)nc2n1CCCC2. The number of imidazole rings is 1. The van der Waals surface area contributed by atoms with E-state index in [-0.39, 0.29) is 6.42 Å². The Labute approximate surface area is 86.5 Å². The van der Waals surface area contributed by atoms with Crippen LogP contribution >= 0.6 is 11.6 Å². The molecule has 0 unspecified atom stereocenters. The first-order valence-corrected chi connectivity index (χ1v) is 5.02. The number of nitrogens with zero attached hydrogens (tertiary/aromatic N) is 2. The van der Waals surface area contributed by atoms with Crippen molar-refractivity contribution in [2.45, 2.75) is 32.2 Å². The van der Waals surface area contributed by atoms with Crippen LogP contribution < -0.4 is 0 Å². The Morgan fingerprint density at radius 1 is 1.57 bits per heavy atom. The number of hydrogen-bond donors (Lipinski definition) is 1. The van der Waals surface area contributed by atoms with E-state index in [1.54, 1.807) is 0 Å². The number of carbonyl (C=O) groups is 1. The average Bonchev–Trinajstić information content (AvgIpc) is 2.43. The van der Waals surface area contributed by atoms with Gasteiger partial charge < -0.3 is 9.67 Å². The Bertz CT molecular complexity index is 373. The number of aryl methyl sites for hydroxylation is 1. The number of aromatic nitrogens is 2. The molecule has 2 heterocycles. The second-order valence-corrected chi connectivity index (χ2v) is 3.80. The molecular formula is C9H11ClN2O2. The molecule has 1 aromatic rings. The van der Waals surface area contributed by atoms with Gasteiger partial charge in [0.2, 0.25) is 0 Å². The quantitative estimate of drug-likeness (QED) is 0.812. The molecule has 0 bridgehead atoms. The molecule has 0 saturated heterocycles. The second kappa shape index (κ2) is 3.61. The molecule has 1 N–H and O–H groups in total. The normalized spacial score (nSPS) is 15.2. The van der Waals surface area contributed by atoms with Gasteiger partial charge in [0.25, 0.3) is 0 Å². The van der Waals surface area contributed by atoms with Crippen LogP contribution in [0.5, 0.6) is 0 Å². The first-order valence-electron chi connectivity index (χ1n) is 4.64. The molecule has 76 valence electrons. The zero-order valence-electron chi connectivity index (χ0n) is 7.66. The lowest BCUT2D eigenvalue weighted by Gasteiger charge is -2.15. The standard InChI is InChI=1S/C9H11ClN2O2/c10-9-6(5-8(13)14)12-4-2-1-3-7(12)11-9/h1-5H2,(H,13,14). The van der Waals surface area contributed by atoms with Crippen molar-refractivity contribution in [3.8, 4) is 0 Å². The molecule has 4 nitrogen and oxygen atoms in total. The fourth-order valence-electron chi connectivity index (χ4n) is 1.82. The third-order valence-corrected chi connectivity index (χ3v) is 2.76. The van der Waals surface area contributed by atoms with Gasteiger partial charge in [0.1, 0.15) is 5.82 Å². The van der Waals surface area contributed by atoms with Gasteiger partial charge in [0.15, 0.2) is 5.15 Å². The van der Waals surface area contributed by atoms with Gasteiger partial charge in [-0.1, -0.05) is 11.6 Å². The van der Waals surface area contributed by atoms with Crippen LogP contribution in [0.25, 0.3) is 0 Å². The lowest BCUT2D eigenvalue weighted by atomic mass is 10.1. The van der Waals surface area contributed by atoms with Crippen molar-refractivity contribution in [1.29, 1.82) is 0 Å². The van der Waals surface area contributed by atoms with Gasteiger partial charge in [-0.25, -0.2) is 4.98 Å². The average molecular weight is 215 g/mol. The maximum absolute atomic E-state index is 10.6. The van der Waals surface area contributed by atoms with E-state index in [9.17, 15) is 4.79 Å². The molecule has 0 aromatic carbocycles. The van der Waals surface area contributed by atoms with Crippen LogP contribution in [0, 0.1) is 0 Å². The molecule has 0 radical (unpaired) electrons. The van der Waals surface area contributed by atoms with E-state index < -0.39 is 5.97 Å². The third kappa shape index (κ3) is 1.62. The maximum Gasteiger partial charge on any atom is 0.309 e. The molecule has 0 atom stereocenters. The number of aliphatic carboxylic acids is 1. The maximum atomic E-state index is 10.6. The highest BCUT2D eigenvalue weighted by molar-refractivity contribution is 6.30. The molecule has 0 saturated carbocycles. The number of carboxylic acids is 1. The molecule has 14 heavy (non-hydrogen) atoms. The molecule has 0 fully saturated rings. The first kappa shape index (κ1) is 9.52. The smallest absolute Gasteiger partial charge is 0.309 e. The summed E-state index contributed by atoms with van der Waals surface area (Å²) in [5, 5.41) is 9.06. The summed E-state index contributed by atoms with van der Waals surface area (Å²) in [5.41, 5.74) is 0.647. The Morgan fingerprint density at radius 3 is 3.07 bits per heavy atom. The van der Waals surface area contributed by atoms with Gasteiger partial charge in [0, 0.05) is 13.0 Å². The monoisotopic (exact) mass is 214 g/mol. The molecule has 0 amide bonds. The molecule has 1 aromatic heterocycles. The van der Waals surface area contributed by atoms with Crippen molar-refractivity contribution >= 4 is 17.6 Å². The van der Waals surface area contributed by atoms with Gasteiger partial charge in [-0.3, -0.25) is 4.79 Å². The summed E-state index contributed by atoms with van der Waals surface area (Å²) < 4.78 is 1.94. The number of carboxylic acid groups (broad SMARTS) is 1. The van der Waals surface area contributed by atoms with Crippen LogP contribution in [0.3, 0.4) is 0 Å². The van der Waals surface area contributed by atoms with Gasteiger partial charge in [-0.15, -0.1) is 0 Å². The van der Waals surface area contributed by atoms with E-state index in [2.05, 4.69) is 4.98 Å². The minimum Gasteiger partial charge on any atom is -0.481 e. The number of hydrogen-bond acceptors (Lipinski definition) is 2. The fraction of sp³-hybridized carbons (Fsp3) is 0.556. The molecule has 5 heteroatoms. The Balaban J connectivity index is 2.37. The number of halogens is 1. The lowest BCUT2D eigenvalue weighted by molar-refractivity contribution is -0.136. The van der Waals surface area contributed by atoms with Gasteiger partial charge in [0.05, 0.1) is 12.1 Å². The fourth-order valence-corrected chi connectivity index (χ4v) is 2.09. The summed E-state index contributed by atoms with van der Waals surface area (Å²) in [6.45, 7) is 0.845. The van der Waals surface area contributed by atoms with Crippen LogP contribution in [0.2, 0.25) is 5.15 Å². The van der Waals surface area contributed by atoms with Crippen LogP contribution in [-0.2, 0) is 24.2 Å². The summed E-state index contributed by atoms with van der Waals surface area (Å²) in [5.74, 6) is 0.0673. The van der Waals surface area contributed by atoms with E-state index in [4.69, 9.17) is 16.7 Å². The number of fused-ring (bicyclic) bond motifs is 1. The van der Waals surface area contributed by atoms with E-state index in [1.165, 1.54) is 0 Å². The molecule has 2 rings (SSSR count). The third-order valence-electron chi connectivity index (χ3n) is 2.45. The highest BCUT2D eigenvalue weighted by Crippen LogP contribution is 2.23. The van der Waals surface area contributed by atoms with Gasteiger partial charge in [-0.2, -0.15) is 0 Å². The van der Waals surface area contributed by atoms with Gasteiger partial charge in [-0.05, 0) is 12.8 Å². The predicted molar refractivity (Wildman–Crippen MR) is 51.5 cm³/mol. The van der Waals surface area contributed by atoms with Crippen LogP contribution in [-0.4, -0.2) is 20.6 Å². The molecule has 0 aliphatic carbocycles. The highest BCUT2D eigenvalue weighted by Gasteiger charge is 2.19. The van der Waals surface area contributed by atoms with Gasteiger partial charge >= 0.3 is 5.97 Å². The molecule has 1 aliphatic heterocycles.